The highest BCUT2D eigenvalue weighted by Crippen LogP contribution is 2.17. The van der Waals surface area contributed by atoms with Gasteiger partial charge in [0.2, 0.25) is 0 Å². The molecule has 25 heavy (non-hydrogen) atoms. The molecule has 0 radical (unpaired) electrons. The number of carbonyl (C=O) groups excluding carboxylic acids is 1. The third-order valence-corrected chi connectivity index (χ3v) is 4.78. The van der Waals surface area contributed by atoms with E-state index in [0.717, 1.165) is 17.4 Å². The van der Waals surface area contributed by atoms with Gasteiger partial charge in [0.1, 0.15) is 0 Å². The minimum absolute atomic E-state index is 0.241. The van der Waals surface area contributed by atoms with Crippen LogP contribution in [-0.2, 0) is 16.3 Å². The molecule has 0 fully saturated rings. The zero-order chi connectivity index (χ0) is 18.4. The summed E-state index contributed by atoms with van der Waals surface area (Å²) in [6, 6.07) is 14.8. The first-order valence-corrected chi connectivity index (χ1v) is 9.52. The molecule has 0 saturated heterocycles. The maximum atomic E-state index is 12.1. The van der Waals surface area contributed by atoms with E-state index in [0.29, 0.717) is 12.1 Å². The van der Waals surface area contributed by atoms with Crippen LogP contribution in [0, 0.1) is 11.3 Å². The third kappa shape index (κ3) is 5.33. The van der Waals surface area contributed by atoms with Crippen LogP contribution >= 0.6 is 0 Å². The van der Waals surface area contributed by atoms with Crippen molar-refractivity contribution < 1.29 is 13.2 Å². The molecular formula is C18H19N3O3S. The number of hydrogen-bond donors (Lipinski definition) is 2. The monoisotopic (exact) mass is 357 g/mol. The molecule has 0 aromatic heterocycles. The molecule has 2 rings (SSSR count). The second kappa shape index (κ2) is 7.81. The minimum atomic E-state index is -3.24. The highest BCUT2D eigenvalue weighted by molar-refractivity contribution is 7.90. The molecule has 0 spiro atoms. The van der Waals surface area contributed by atoms with E-state index < -0.39 is 9.84 Å². The SMILES string of the molecule is CC(NC(=O)Nc1ccc(CC#N)cc1)c1ccc(S(C)(=O)=O)cc1. The molecule has 2 aromatic rings. The number of anilines is 1. The number of nitriles is 1. The molecular weight excluding hydrogens is 338 g/mol. The molecule has 7 heteroatoms. The molecule has 0 aliphatic carbocycles. The Morgan fingerprint density at radius 3 is 2.24 bits per heavy atom. The number of nitrogens with zero attached hydrogens (tertiary/aromatic N) is 1. The van der Waals surface area contributed by atoms with E-state index in [2.05, 4.69) is 16.7 Å². The largest absolute Gasteiger partial charge is 0.331 e. The standard InChI is InChI=1S/C18H19N3O3S/c1-13(15-5-9-17(10-6-15)25(2,23)24)20-18(22)21-16-7-3-14(4-8-16)11-12-19/h3-10,13H,11H2,1-2H3,(H2,20,21,22). The summed E-state index contributed by atoms with van der Waals surface area (Å²) >= 11 is 0. The second-order valence-electron chi connectivity index (χ2n) is 5.69. The number of benzene rings is 2. The summed E-state index contributed by atoms with van der Waals surface area (Å²) in [4.78, 5) is 12.3. The predicted octanol–water partition coefficient (Wildman–Crippen LogP) is 3.04. The lowest BCUT2D eigenvalue weighted by Crippen LogP contribution is -2.31. The van der Waals surface area contributed by atoms with E-state index >= 15 is 0 Å². The van der Waals surface area contributed by atoms with Crippen LogP contribution in [-0.4, -0.2) is 20.7 Å². The van der Waals surface area contributed by atoms with Crippen LogP contribution in [0.5, 0.6) is 0 Å². The first kappa shape index (κ1) is 18.5. The van der Waals surface area contributed by atoms with Crippen molar-refractivity contribution in [3.63, 3.8) is 0 Å². The second-order valence-corrected chi connectivity index (χ2v) is 7.71. The normalized spacial score (nSPS) is 12.0. The van der Waals surface area contributed by atoms with E-state index in [1.165, 1.54) is 12.1 Å². The smallest absolute Gasteiger partial charge is 0.319 e. The Bertz CT molecular complexity index is 883. The van der Waals surface area contributed by atoms with Gasteiger partial charge in [0.05, 0.1) is 23.4 Å². The van der Waals surface area contributed by atoms with Gasteiger partial charge in [-0.3, -0.25) is 0 Å². The molecule has 2 aromatic carbocycles. The minimum Gasteiger partial charge on any atom is -0.331 e. The van der Waals surface area contributed by atoms with Crippen LogP contribution in [0.15, 0.2) is 53.4 Å². The van der Waals surface area contributed by atoms with Crippen molar-refractivity contribution in [1.29, 1.82) is 5.26 Å². The van der Waals surface area contributed by atoms with Crippen molar-refractivity contribution >= 4 is 21.6 Å². The molecule has 2 amide bonds. The van der Waals surface area contributed by atoms with Gasteiger partial charge >= 0.3 is 6.03 Å². The summed E-state index contributed by atoms with van der Waals surface area (Å²) in [6.45, 7) is 1.81. The van der Waals surface area contributed by atoms with Crippen LogP contribution in [0.4, 0.5) is 10.5 Å². The summed E-state index contributed by atoms with van der Waals surface area (Å²) in [5.74, 6) is 0. The molecule has 130 valence electrons. The topological polar surface area (TPSA) is 99.1 Å². The molecule has 0 aliphatic rings. The Labute approximate surface area is 147 Å². The summed E-state index contributed by atoms with van der Waals surface area (Å²) in [7, 11) is -3.24. The number of nitrogens with one attached hydrogen (secondary N) is 2. The highest BCUT2D eigenvalue weighted by atomic mass is 32.2. The Kier molecular flexibility index (Phi) is 5.78. The Hall–Kier alpha value is -2.85. The van der Waals surface area contributed by atoms with Crippen LogP contribution < -0.4 is 10.6 Å². The van der Waals surface area contributed by atoms with Crippen LogP contribution in [0.2, 0.25) is 0 Å². The fraction of sp³-hybridized carbons (Fsp3) is 0.222. The zero-order valence-electron chi connectivity index (χ0n) is 14.0. The number of amides is 2. The lowest BCUT2D eigenvalue weighted by molar-refractivity contribution is 0.249. The molecule has 0 saturated carbocycles. The van der Waals surface area contributed by atoms with Crippen LogP contribution in [0.25, 0.3) is 0 Å². The fourth-order valence-corrected chi connectivity index (χ4v) is 2.88. The maximum absolute atomic E-state index is 12.1. The molecule has 0 aliphatic heterocycles. The number of urea groups is 1. The van der Waals surface area contributed by atoms with Gasteiger partial charge in [-0.2, -0.15) is 5.26 Å². The average molecular weight is 357 g/mol. The van der Waals surface area contributed by atoms with Gasteiger partial charge < -0.3 is 10.6 Å². The quantitative estimate of drug-likeness (QED) is 0.859. The van der Waals surface area contributed by atoms with Gasteiger partial charge in [0, 0.05) is 11.9 Å². The van der Waals surface area contributed by atoms with Crippen molar-refractivity contribution in [3.05, 3.63) is 59.7 Å². The lowest BCUT2D eigenvalue weighted by atomic mass is 10.1. The van der Waals surface area contributed by atoms with Gasteiger partial charge in [0.25, 0.3) is 0 Å². The Balaban J connectivity index is 1.96. The Morgan fingerprint density at radius 1 is 1.12 bits per heavy atom. The molecule has 1 unspecified atom stereocenters. The third-order valence-electron chi connectivity index (χ3n) is 3.65. The van der Waals surface area contributed by atoms with Gasteiger partial charge in [-0.15, -0.1) is 0 Å². The van der Waals surface area contributed by atoms with Crippen molar-refractivity contribution in [2.75, 3.05) is 11.6 Å². The maximum Gasteiger partial charge on any atom is 0.319 e. The highest BCUT2D eigenvalue weighted by Gasteiger charge is 2.12. The first-order chi connectivity index (χ1) is 11.8. The number of sulfone groups is 1. The summed E-state index contributed by atoms with van der Waals surface area (Å²) < 4.78 is 22.9. The van der Waals surface area contributed by atoms with Gasteiger partial charge in [0.15, 0.2) is 9.84 Å². The van der Waals surface area contributed by atoms with E-state index in [-0.39, 0.29) is 17.0 Å². The van der Waals surface area contributed by atoms with Crippen molar-refractivity contribution in [3.8, 4) is 6.07 Å². The molecule has 0 bridgehead atoms. The first-order valence-electron chi connectivity index (χ1n) is 7.63. The summed E-state index contributed by atoms with van der Waals surface area (Å²) in [6.07, 6.45) is 1.48. The van der Waals surface area contributed by atoms with E-state index in [1.807, 2.05) is 6.92 Å². The number of carbonyl (C=O) groups is 1. The summed E-state index contributed by atoms with van der Waals surface area (Å²) in [5, 5.41) is 14.1. The van der Waals surface area contributed by atoms with Gasteiger partial charge in [-0.05, 0) is 42.3 Å². The number of rotatable bonds is 5. The molecule has 0 heterocycles. The van der Waals surface area contributed by atoms with Gasteiger partial charge in [-0.1, -0.05) is 24.3 Å². The van der Waals surface area contributed by atoms with Crippen molar-refractivity contribution in [1.82, 2.24) is 5.32 Å². The predicted molar refractivity (Wildman–Crippen MR) is 95.9 cm³/mol. The van der Waals surface area contributed by atoms with Gasteiger partial charge in [-0.25, -0.2) is 13.2 Å². The lowest BCUT2D eigenvalue weighted by Gasteiger charge is -2.15. The zero-order valence-corrected chi connectivity index (χ0v) is 14.8. The van der Waals surface area contributed by atoms with Crippen molar-refractivity contribution in [2.24, 2.45) is 0 Å². The van der Waals surface area contributed by atoms with E-state index in [1.54, 1.807) is 36.4 Å². The fourth-order valence-electron chi connectivity index (χ4n) is 2.25. The molecule has 2 N–H and O–H groups in total. The average Bonchev–Trinajstić information content (AvgIpc) is 2.56. The number of hydrogen-bond acceptors (Lipinski definition) is 4. The van der Waals surface area contributed by atoms with Crippen LogP contribution in [0.3, 0.4) is 0 Å². The van der Waals surface area contributed by atoms with E-state index in [9.17, 15) is 13.2 Å². The van der Waals surface area contributed by atoms with E-state index in [4.69, 9.17) is 5.26 Å². The van der Waals surface area contributed by atoms with Crippen molar-refractivity contribution in [2.45, 2.75) is 24.3 Å². The van der Waals surface area contributed by atoms with Crippen LogP contribution in [0.1, 0.15) is 24.1 Å². The molecule has 1 atom stereocenters. The molecule has 6 nitrogen and oxygen atoms in total. The summed E-state index contributed by atoms with van der Waals surface area (Å²) in [5.41, 5.74) is 2.30. The Morgan fingerprint density at radius 2 is 1.72 bits per heavy atom.